The third kappa shape index (κ3) is 3.52. The lowest BCUT2D eigenvalue weighted by Gasteiger charge is -2.35. The number of piperidine rings is 1. The summed E-state index contributed by atoms with van der Waals surface area (Å²) in [7, 11) is 2.05. The fourth-order valence-electron chi connectivity index (χ4n) is 3.15. The molecule has 1 saturated heterocycles. The van der Waals surface area contributed by atoms with Crippen LogP contribution >= 0.6 is 0 Å². The zero-order chi connectivity index (χ0) is 14.5. The Labute approximate surface area is 126 Å². The molecule has 0 radical (unpaired) electrons. The van der Waals surface area contributed by atoms with E-state index in [0.29, 0.717) is 6.04 Å². The molecule has 0 saturated carbocycles. The van der Waals surface area contributed by atoms with E-state index in [1.54, 1.807) is 0 Å². The summed E-state index contributed by atoms with van der Waals surface area (Å²) in [4.78, 5) is 6.71. The first-order valence-corrected chi connectivity index (χ1v) is 7.83. The van der Waals surface area contributed by atoms with Gasteiger partial charge in [-0.05, 0) is 44.1 Å². The van der Waals surface area contributed by atoms with Gasteiger partial charge in [0.15, 0.2) is 0 Å². The second-order valence-electron chi connectivity index (χ2n) is 5.81. The Balaban J connectivity index is 1.66. The molecule has 1 fully saturated rings. The van der Waals surface area contributed by atoms with Crippen molar-refractivity contribution in [3.05, 3.63) is 48.5 Å². The molecule has 1 atom stereocenters. The van der Waals surface area contributed by atoms with E-state index >= 15 is 0 Å². The van der Waals surface area contributed by atoms with Crippen LogP contribution < -0.4 is 5.32 Å². The number of imidazole rings is 1. The Morgan fingerprint density at radius 1 is 1.24 bits per heavy atom. The third-order valence-corrected chi connectivity index (χ3v) is 4.31. The van der Waals surface area contributed by atoms with Gasteiger partial charge < -0.3 is 9.88 Å². The van der Waals surface area contributed by atoms with Crippen LogP contribution in [0.3, 0.4) is 0 Å². The standard InChI is InChI=1S/C17H24N4/c1-18-12-17-4-2-3-10-20(17)13-15-5-7-16(8-6-15)21-11-9-19-14-21/h5-9,11,14,17-18H,2-4,10,12-13H2,1H3. The van der Waals surface area contributed by atoms with Crippen molar-refractivity contribution in [1.82, 2.24) is 19.8 Å². The normalized spacial score (nSPS) is 19.8. The molecule has 21 heavy (non-hydrogen) atoms. The van der Waals surface area contributed by atoms with Gasteiger partial charge in [0, 0.05) is 37.2 Å². The topological polar surface area (TPSA) is 33.1 Å². The molecule has 1 aliphatic rings. The van der Waals surface area contributed by atoms with E-state index in [0.717, 1.165) is 13.1 Å². The van der Waals surface area contributed by atoms with Crippen molar-refractivity contribution in [2.75, 3.05) is 20.1 Å². The van der Waals surface area contributed by atoms with Gasteiger partial charge in [-0.2, -0.15) is 0 Å². The second-order valence-corrected chi connectivity index (χ2v) is 5.81. The van der Waals surface area contributed by atoms with Gasteiger partial charge in [-0.1, -0.05) is 18.6 Å². The SMILES string of the molecule is CNCC1CCCCN1Cc1ccc(-n2ccnc2)cc1. The van der Waals surface area contributed by atoms with Crippen LogP contribution in [0.2, 0.25) is 0 Å². The molecule has 3 rings (SSSR count). The van der Waals surface area contributed by atoms with Gasteiger partial charge in [0.25, 0.3) is 0 Å². The first-order chi connectivity index (χ1) is 10.4. The summed E-state index contributed by atoms with van der Waals surface area (Å²) in [6.07, 6.45) is 9.62. The monoisotopic (exact) mass is 284 g/mol. The van der Waals surface area contributed by atoms with Gasteiger partial charge >= 0.3 is 0 Å². The number of hydrogen-bond donors (Lipinski definition) is 1. The Kier molecular flexibility index (Phi) is 4.68. The van der Waals surface area contributed by atoms with E-state index in [1.165, 1.54) is 37.1 Å². The summed E-state index contributed by atoms with van der Waals surface area (Å²) in [5.41, 5.74) is 2.56. The maximum absolute atomic E-state index is 4.09. The predicted octanol–water partition coefficient (Wildman–Crippen LogP) is 2.45. The van der Waals surface area contributed by atoms with Crippen molar-refractivity contribution >= 4 is 0 Å². The van der Waals surface area contributed by atoms with Crippen molar-refractivity contribution in [2.24, 2.45) is 0 Å². The summed E-state index contributed by atoms with van der Waals surface area (Å²) in [5.74, 6) is 0. The highest BCUT2D eigenvalue weighted by Gasteiger charge is 2.21. The minimum atomic E-state index is 0.678. The highest BCUT2D eigenvalue weighted by molar-refractivity contribution is 5.34. The third-order valence-electron chi connectivity index (χ3n) is 4.31. The number of likely N-dealkylation sites (tertiary alicyclic amines) is 1. The van der Waals surface area contributed by atoms with Crippen molar-refractivity contribution < 1.29 is 0 Å². The van der Waals surface area contributed by atoms with Gasteiger partial charge in [-0.25, -0.2) is 4.98 Å². The predicted molar refractivity (Wildman–Crippen MR) is 85.5 cm³/mol. The highest BCUT2D eigenvalue weighted by Crippen LogP contribution is 2.20. The zero-order valence-corrected chi connectivity index (χ0v) is 12.7. The van der Waals surface area contributed by atoms with E-state index < -0.39 is 0 Å². The van der Waals surface area contributed by atoms with Crippen LogP contribution in [0.1, 0.15) is 24.8 Å². The molecule has 1 aromatic carbocycles. The number of benzene rings is 1. The van der Waals surface area contributed by atoms with E-state index in [-0.39, 0.29) is 0 Å². The van der Waals surface area contributed by atoms with E-state index in [2.05, 4.69) is 39.5 Å². The van der Waals surface area contributed by atoms with Gasteiger partial charge in [0.1, 0.15) is 0 Å². The van der Waals surface area contributed by atoms with E-state index in [1.807, 2.05) is 30.3 Å². The van der Waals surface area contributed by atoms with Crippen LogP contribution in [0.25, 0.3) is 5.69 Å². The average molecular weight is 284 g/mol. The first kappa shape index (κ1) is 14.3. The molecular weight excluding hydrogens is 260 g/mol. The number of hydrogen-bond acceptors (Lipinski definition) is 3. The molecule has 0 spiro atoms. The fraction of sp³-hybridized carbons (Fsp3) is 0.471. The Hall–Kier alpha value is -1.65. The fourth-order valence-corrected chi connectivity index (χ4v) is 3.15. The molecule has 2 aromatic rings. The van der Waals surface area contributed by atoms with Gasteiger partial charge in [0.2, 0.25) is 0 Å². The molecule has 1 unspecified atom stereocenters. The van der Waals surface area contributed by atoms with Gasteiger partial charge in [0.05, 0.1) is 6.33 Å². The Bertz CT molecular complexity index is 530. The molecule has 0 aliphatic carbocycles. The number of nitrogens with one attached hydrogen (secondary N) is 1. The number of nitrogens with zero attached hydrogens (tertiary/aromatic N) is 3. The molecule has 0 amide bonds. The highest BCUT2D eigenvalue weighted by atomic mass is 15.2. The summed E-state index contributed by atoms with van der Waals surface area (Å²) in [6, 6.07) is 9.50. The van der Waals surface area contributed by atoms with Crippen LogP contribution in [0, 0.1) is 0 Å². The summed E-state index contributed by atoms with van der Waals surface area (Å²) >= 11 is 0. The Morgan fingerprint density at radius 3 is 2.81 bits per heavy atom. The van der Waals surface area contributed by atoms with Crippen molar-refractivity contribution in [1.29, 1.82) is 0 Å². The van der Waals surface area contributed by atoms with Crippen LogP contribution in [-0.4, -0.2) is 40.6 Å². The van der Waals surface area contributed by atoms with Crippen molar-refractivity contribution in [3.63, 3.8) is 0 Å². The minimum Gasteiger partial charge on any atom is -0.318 e. The quantitative estimate of drug-likeness (QED) is 0.915. The van der Waals surface area contributed by atoms with E-state index in [4.69, 9.17) is 0 Å². The molecule has 1 aliphatic heterocycles. The molecule has 1 N–H and O–H groups in total. The molecular formula is C17H24N4. The largest absolute Gasteiger partial charge is 0.318 e. The van der Waals surface area contributed by atoms with E-state index in [9.17, 15) is 0 Å². The number of rotatable bonds is 5. The maximum atomic E-state index is 4.09. The number of aromatic nitrogens is 2. The Morgan fingerprint density at radius 2 is 2.10 bits per heavy atom. The molecule has 4 nitrogen and oxygen atoms in total. The lowest BCUT2D eigenvalue weighted by Crippen LogP contribution is -2.44. The molecule has 2 heterocycles. The maximum Gasteiger partial charge on any atom is 0.0991 e. The number of likely N-dealkylation sites (N-methyl/N-ethyl adjacent to an activating group) is 1. The second kappa shape index (κ2) is 6.87. The van der Waals surface area contributed by atoms with Crippen LogP contribution in [0.15, 0.2) is 43.0 Å². The molecule has 1 aromatic heterocycles. The van der Waals surface area contributed by atoms with Crippen LogP contribution in [0.5, 0.6) is 0 Å². The summed E-state index contributed by atoms with van der Waals surface area (Å²) in [5, 5.41) is 3.33. The smallest absolute Gasteiger partial charge is 0.0991 e. The zero-order valence-electron chi connectivity index (χ0n) is 12.7. The molecule has 4 heteroatoms. The van der Waals surface area contributed by atoms with Crippen molar-refractivity contribution in [2.45, 2.75) is 31.8 Å². The average Bonchev–Trinajstić information content (AvgIpc) is 3.05. The van der Waals surface area contributed by atoms with Gasteiger partial charge in [-0.15, -0.1) is 0 Å². The summed E-state index contributed by atoms with van der Waals surface area (Å²) in [6.45, 7) is 3.36. The minimum absolute atomic E-state index is 0.678. The summed E-state index contributed by atoms with van der Waals surface area (Å²) < 4.78 is 2.04. The van der Waals surface area contributed by atoms with Crippen LogP contribution in [0.4, 0.5) is 0 Å². The molecule has 0 bridgehead atoms. The van der Waals surface area contributed by atoms with Gasteiger partial charge in [-0.3, -0.25) is 4.90 Å². The molecule has 112 valence electrons. The lowest BCUT2D eigenvalue weighted by molar-refractivity contribution is 0.139. The lowest BCUT2D eigenvalue weighted by atomic mass is 10.0. The van der Waals surface area contributed by atoms with Crippen LogP contribution in [-0.2, 0) is 6.54 Å². The van der Waals surface area contributed by atoms with Crippen molar-refractivity contribution in [3.8, 4) is 5.69 Å². The first-order valence-electron chi connectivity index (χ1n) is 7.83.